The van der Waals surface area contributed by atoms with Crippen LogP contribution < -0.4 is 9.46 Å². The number of nitrogens with one attached hydrogen (secondary N) is 1. The van der Waals surface area contributed by atoms with Crippen LogP contribution in [0.1, 0.15) is 17.2 Å². The van der Waals surface area contributed by atoms with Crippen molar-refractivity contribution in [1.29, 1.82) is 0 Å². The zero-order valence-electron chi connectivity index (χ0n) is 14.3. The topological polar surface area (TPSA) is 84.9 Å². The lowest BCUT2D eigenvalue weighted by molar-refractivity contribution is 0.0309. The molecule has 2 N–H and O–H groups in total. The van der Waals surface area contributed by atoms with Crippen molar-refractivity contribution in [2.24, 2.45) is 0 Å². The molecule has 1 unspecified atom stereocenters. The van der Waals surface area contributed by atoms with E-state index in [1.54, 1.807) is 18.2 Å². The lowest BCUT2D eigenvalue weighted by atomic mass is 10.1. The summed E-state index contributed by atoms with van der Waals surface area (Å²) in [5, 5.41) is 9.00. The number of sulfonamides is 1. The molecule has 0 heterocycles. The molecule has 0 saturated carbocycles. The van der Waals surface area contributed by atoms with Gasteiger partial charge in [-0.25, -0.2) is 13.1 Å². The number of benzene rings is 2. The lowest BCUT2D eigenvalue weighted by Gasteiger charge is -2.19. The van der Waals surface area contributed by atoms with Crippen molar-refractivity contribution in [3.05, 3.63) is 59.7 Å². The van der Waals surface area contributed by atoms with E-state index in [1.807, 2.05) is 31.2 Å². The molecule has 0 saturated heterocycles. The van der Waals surface area contributed by atoms with Crippen LogP contribution in [-0.4, -0.2) is 40.4 Å². The van der Waals surface area contributed by atoms with Gasteiger partial charge < -0.3 is 14.6 Å². The monoisotopic (exact) mass is 365 g/mol. The normalized spacial score (nSPS) is 12.8. The van der Waals surface area contributed by atoms with E-state index in [0.717, 1.165) is 11.1 Å². The molecular formula is C18H23NO5S. The number of methoxy groups -OCH3 is 1. The first-order valence-corrected chi connectivity index (χ1v) is 9.38. The first-order chi connectivity index (χ1) is 12.0. The molecule has 25 heavy (non-hydrogen) atoms. The number of aliphatic hydroxyl groups is 1. The minimum absolute atomic E-state index is 0.0451. The first-order valence-electron chi connectivity index (χ1n) is 7.89. The van der Waals surface area contributed by atoms with Gasteiger partial charge in [0.15, 0.2) is 0 Å². The molecule has 0 radical (unpaired) electrons. The van der Waals surface area contributed by atoms with Gasteiger partial charge in [-0.1, -0.05) is 42.0 Å². The molecule has 2 aromatic rings. The molecule has 2 rings (SSSR count). The van der Waals surface area contributed by atoms with Gasteiger partial charge in [0.2, 0.25) is 10.0 Å². The van der Waals surface area contributed by atoms with Crippen molar-refractivity contribution in [3.63, 3.8) is 0 Å². The second-order valence-corrected chi connectivity index (χ2v) is 7.23. The van der Waals surface area contributed by atoms with E-state index in [0.29, 0.717) is 0 Å². The van der Waals surface area contributed by atoms with E-state index in [2.05, 4.69) is 4.72 Å². The lowest BCUT2D eigenvalue weighted by Crippen LogP contribution is -2.30. The van der Waals surface area contributed by atoms with Gasteiger partial charge in [0.05, 0.1) is 26.4 Å². The zero-order valence-corrected chi connectivity index (χ0v) is 15.1. The molecule has 0 bridgehead atoms. The van der Waals surface area contributed by atoms with Crippen molar-refractivity contribution in [1.82, 2.24) is 4.72 Å². The molecule has 7 heteroatoms. The first kappa shape index (κ1) is 19.4. The Kier molecular flexibility index (Phi) is 6.95. The van der Waals surface area contributed by atoms with E-state index < -0.39 is 16.1 Å². The quantitative estimate of drug-likeness (QED) is 0.710. The Morgan fingerprint density at radius 1 is 1.12 bits per heavy atom. The van der Waals surface area contributed by atoms with Crippen LogP contribution in [0.25, 0.3) is 0 Å². The van der Waals surface area contributed by atoms with Gasteiger partial charge in [0, 0.05) is 6.54 Å². The number of hydrogen-bond donors (Lipinski definition) is 2. The van der Waals surface area contributed by atoms with Crippen LogP contribution in [0.5, 0.6) is 5.75 Å². The van der Waals surface area contributed by atoms with Gasteiger partial charge in [-0.05, 0) is 24.6 Å². The highest BCUT2D eigenvalue weighted by molar-refractivity contribution is 7.89. The molecule has 0 fully saturated rings. The third-order valence-corrected chi connectivity index (χ3v) is 5.14. The molecule has 1 atom stereocenters. The largest absolute Gasteiger partial charge is 0.495 e. The van der Waals surface area contributed by atoms with E-state index in [1.165, 1.54) is 13.2 Å². The smallest absolute Gasteiger partial charge is 0.244 e. The van der Waals surface area contributed by atoms with Crippen LogP contribution >= 0.6 is 0 Å². The van der Waals surface area contributed by atoms with Crippen LogP contribution in [-0.2, 0) is 14.8 Å². The Bertz CT molecular complexity index is 774. The summed E-state index contributed by atoms with van der Waals surface area (Å²) < 4.78 is 38.4. The molecule has 0 aromatic heterocycles. The van der Waals surface area contributed by atoms with Gasteiger partial charge in [-0.3, -0.25) is 0 Å². The van der Waals surface area contributed by atoms with Gasteiger partial charge >= 0.3 is 0 Å². The minimum atomic E-state index is -3.76. The van der Waals surface area contributed by atoms with Gasteiger partial charge in [-0.15, -0.1) is 0 Å². The number of aryl methyl sites for hydroxylation is 1. The fourth-order valence-corrected chi connectivity index (χ4v) is 3.55. The summed E-state index contributed by atoms with van der Waals surface area (Å²) in [6.07, 6.45) is -0.503. The summed E-state index contributed by atoms with van der Waals surface area (Å²) in [7, 11) is -2.33. The fourth-order valence-electron chi connectivity index (χ4n) is 2.35. The van der Waals surface area contributed by atoms with E-state index in [9.17, 15) is 8.42 Å². The standard InChI is InChI=1S/C18H23NO5S/c1-14-7-9-15(10-8-14)17(24-12-11-20)13-19-25(21,22)18-6-4-3-5-16(18)23-2/h3-10,17,19-20H,11-13H2,1-2H3. The number of para-hydroxylation sites is 1. The Labute approximate surface area is 148 Å². The highest BCUT2D eigenvalue weighted by Gasteiger charge is 2.21. The predicted molar refractivity (Wildman–Crippen MR) is 95.1 cm³/mol. The zero-order chi connectivity index (χ0) is 18.3. The van der Waals surface area contributed by atoms with Crippen molar-refractivity contribution >= 4 is 10.0 Å². The van der Waals surface area contributed by atoms with Crippen molar-refractivity contribution in [2.45, 2.75) is 17.9 Å². The van der Waals surface area contributed by atoms with Crippen molar-refractivity contribution in [3.8, 4) is 5.75 Å². The van der Waals surface area contributed by atoms with Gasteiger partial charge in [0.1, 0.15) is 10.6 Å². The van der Waals surface area contributed by atoms with E-state index >= 15 is 0 Å². The van der Waals surface area contributed by atoms with E-state index in [4.69, 9.17) is 14.6 Å². The molecule has 2 aromatic carbocycles. The third kappa shape index (κ3) is 5.27. The molecule has 136 valence electrons. The molecule has 6 nitrogen and oxygen atoms in total. The molecule has 0 amide bonds. The summed E-state index contributed by atoms with van der Waals surface area (Å²) in [5.41, 5.74) is 1.93. The van der Waals surface area contributed by atoms with Crippen LogP contribution in [0.15, 0.2) is 53.4 Å². The molecule has 0 aliphatic rings. The predicted octanol–water partition coefficient (Wildman–Crippen LogP) is 2.03. The third-order valence-electron chi connectivity index (χ3n) is 3.68. The van der Waals surface area contributed by atoms with Gasteiger partial charge in [-0.2, -0.15) is 0 Å². The van der Waals surface area contributed by atoms with Gasteiger partial charge in [0.25, 0.3) is 0 Å². The summed E-state index contributed by atoms with van der Waals surface area (Å²) in [6.45, 7) is 2.00. The molecule has 0 aliphatic heterocycles. The fraction of sp³-hybridized carbons (Fsp3) is 0.333. The summed E-state index contributed by atoms with van der Waals surface area (Å²) >= 11 is 0. The number of ether oxygens (including phenoxy) is 2. The van der Waals surface area contributed by atoms with Crippen molar-refractivity contribution in [2.75, 3.05) is 26.9 Å². The maximum Gasteiger partial charge on any atom is 0.244 e. The van der Waals surface area contributed by atoms with Crippen LogP contribution in [0.4, 0.5) is 0 Å². The highest BCUT2D eigenvalue weighted by atomic mass is 32.2. The molecular weight excluding hydrogens is 342 g/mol. The maximum absolute atomic E-state index is 12.6. The van der Waals surface area contributed by atoms with Crippen LogP contribution in [0, 0.1) is 6.92 Å². The Hall–Kier alpha value is -1.93. The highest BCUT2D eigenvalue weighted by Crippen LogP contribution is 2.24. The summed E-state index contributed by atoms with van der Waals surface area (Å²) in [4.78, 5) is 0.0716. The van der Waals surface area contributed by atoms with Crippen LogP contribution in [0.2, 0.25) is 0 Å². The SMILES string of the molecule is COc1ccccc1S(=O)(=O)NCC(OCCO)c1ccc(C)cc1. The molecule has 0 aliphatic carbocycles. The summed E-state index contributed by atoms with van der Waals surface area (Å²) in [6, 6.07) is 14.0. The Morgan fingerprint density at radius 2 is 1.80 bits per heavy atom. The number of rotatable bonds is 9. The molecule has 0 spiro atoms. The minimum Gasteiger partial charge on any atom is -0.495 e. The maximum atomic E-state index is 12.6. The van der Waals surface area contributed by atoms with Crippen molar-refractivity contribution < 1.29 is 23.0 Å². The van der Waals surface area contributed by atoms with E-state index in [-0.39, 0.29) is 30.4 Å². The second-order valence-electron chi connectivity index (χ2n) is 5.50. The summed E-state index contributed by atoms with van der Waals surface area (Å²) in [5.74, 6) is 0.276. The van der Waals surface area contributed by atoms with Crippen LogP contribution in [0.3, 0.4) is 0 Å². The second kappa shape index (κ2) is 8.96. The Balaban J connectivity index is 2.17. The number of hydrogen-bond acceptors (Lipinski definition) is 5. The Morgan fingerprint density at radius 3 is 2.44 bits per heavy atom. The average Bonchev–Trinajstić information content (AvgIpc) is 2.62. The average molecular weight is 365 g/mol. The number of aliphatic hydroxyl groups excluding tert-OH is 1.